The van der Waals surface area contributed by atoms with Crippen molar-refractivity contribution in [3.05, 3.63) is 29.8 Å². The van der Waals surface area contributed by atoms with Crippen LogP contribution in [0.25, 0.3) is 0 Å². The number of nitrogens with zero attached hydrogens (tertiary/aromatic N) is 1. The highest BCUT2D eigenvalue weighted by Crippen LogP contribution is 2.57. The molecule has 1 aliphatic heterocycles. The number of halogens is 3. The first-order chi connectivity index (χ1) is 8.44. The van der Waals surface area contributed by atoms with E-state index >= 15 is 0 Å². The molecule has 0 atom stereocenters. The van der Waals surface area contributed by atoms with E-state index in [0.29, 0.717) is 5.69 Å². The largest absolute Gasteiger partial charge is 0.390 e. The maximum absolute atomic E-state index is 12.3. The van der Waals surface area contributed by atoms with Gasteiger partial charge in [0.05, 0.1) is 11.8 Å². The Bertz CT molecular complexity index is 505. The quantitative estimate of drug-likeness (QED) is 0.795. The van der Waals surface area contributed by atoms with Crippen molar-refractivity contribution in [1.29, 1.82) is 0 Å². The second-order valence-corrected chi connectivity index (χ2v) is 4.92. The molecule has 1 aromatic rings. The molecule has 18 heavy (non-hydrogen) atoms. The van der Waals surface area contributed by atoms with Crippen LogP contribution in [-0.2, 0) is 10.2 Å². The van der Waals surface area contributed by atoms with Crippen LogP contribution in [0.2, 0.25) is 0 Å². The Balaban J connectivity index is 1.90. The third-order valence-corrected chi connectivity index (χ3v) is 3.73. The fourth-order valence-electron chi connectivity index (χ4n) is 2.67. The number of para-hydroxylation sites is 1. The lowest BCUT2D eigenvalue weighted by atomic mass is 9.98. The van der Waals surface area contributed by atoms with Gasteiger partial charge in [0, 0.05) is 12.2 Å². The highest BCUT2D eigenvalue weighted by molar-refractivity contribution is 6.10. The molecular formula is C13H12F3NO. The highest BCUT2D eigenvalue weighted by atomic mass is 19.4. The van der Waals surface area contributed by atoms with Crippen LogP contribution in [-0.4, -0.2) is 18.6 Å². The van der Waals surface area contributed by atoms with Crippen molar-refractivity contribution < 1.29 is 18.0 Å². The molecule has 1 amide bonds. The predicted molar refractivity (Wildman–Crippen MR) is 60.4 cm³/mol. The Morgan fingerprint density at radius 3 is 2.50 bits per heavy atom. The van der Waals surface area contributed by atoms with Gasteiger partial charge in [-0.1, -0.05) is 18.2 Å². The molecule has 1 fully saturated rings. The van der Waals surface area contributed by atoms with E-state index in [2.05, 4.69) is 0 Å². The zero-order valence-corrected chi connectivity index (χ0v) is 9.63. The van der Waals surface area contributed by atoms with Crippen molar-refractivity contribution in [1.82, 2.24) is 0 Å². The molecule has 0 bridgehead atoms. The summed E-state index contributed by atoms with van der Waals surface area (Å²) in [4.78, 5) is 13.5. The molecule has 0 saturated heterocycles. The molecule has 2 nitrogen and oxygen atoms in total. The summed E-state index contributed by atoms with van der Waals surface area (Å²) in [6, 6.07) is 7.18. The minimum absolute atomic E-state index is 0.159. The van der Waals surface area contributed by atoms with E-state index in [1.165, 1.54) is 4.90 Å². The first-order valence-electron chi connectivity index (χ1n) is 5.92. The van der Waals surface area contributed by atoms with Crippen LogP contribution in [0.5, 0.6) is 0 Å². The number of amides is 1. The lowest BCUT2D eigenvalue weighted by Gasteiger charge is -2.18. The molecule has 96 valence electrons. The van der Waals surface area contributed by atoms with Crippen molar-refractivity contribution in [3.63, 3.8) is 0 Å². The molecule has 0 aromatic heterocycles. The van der Waals surface area contributed by atoms with Crippen LogP contribution in [0.15, 0.2) is 24.3 Å². The van der Waals surface area contributed by atoms with Crippen LogP contribution in [0, 0.1) is 0 Å². The van der Waals surface area contributed by atoms with Crippen LogP contribution >= 0.6 is 0 Å². The SMILES string of the molecule is O=C1N(CCC(F)(F)F)c2ccccc2C12CC2. The topological polar surface area (TPSA) is 20.3 Å². The molecular weight excluding hydrogens is 243 g/mol. The van der Waals surface area contributed by atoms with Crippen LogP contribution in [0.1, 0.15) is 24.8 Å². The Kier molecular flexibility index (Phi) is 2.24. The highest BCUT2D eigenvalue weighted by Gasteiger charge is 2.59. The summed E-state index contributed by atoms with van der Waals surface area (Å²) < 4.78 is 36.8. The van der Waals surface area contributed by atoms with Gasteiger partial charge >= 0.3 is 6.18 Å². The maximum Gasteiger partial charge on any atom is 0.390 e. The van der Waals surface area contributed by atoms with Crippen molar-refractivity contribution >= 4 is 11.6 Å². The summed E-state index contributed by atoms with van der Waals surface area (Å²) in [5.41, 5.74) is 1.06. The average Bonchev–Trinajstić information content (AvgIpc) is 3.05. The minimum Gasteiger partial charge on any atom is -0.311 e. The summed E-state index contributed by atoms with van der Waals surface area (Å²) >= 11 is 0. The minimum atomic E-state index is -4.23. The van der Waals surface area contributed by atoms with Crippen LogP contribution < -0.4 is 4.90 Å². The molecule has 1 saturated carbocycles. The van der Waals surface area contributed by atoms with Gasteiger partial charge in [0.2, 0.25) is 5.91 Å². The van der Waals surface area contributed by atoms with Crippen molar-refractivity contribution in [3.8, 4) is 0 Å². The number of fused-ring (bicyclic) bond motifs is 2. The van der Waals surface area contributed by atoms with E-state index < -0.39 is 18.0 Å². The Morgan fingerprint density at radius 2 is 1.89 bits per heavy atom. The smallest absolute Gasteiger partial charge is 0.311 e. The third-order valence-electron chi connectivity index (χ3n) is 3.73. The Hall–Kier alpha value is -1.52. The van der Waals surface area contributed by atoms with E-state index in [1.54, 1.807) is 12.1 Å². The summed E-state index contributed by atoms with van der Waals surface area (Å²) in [6.07, 6.45) is -3.67. The van der Waals surface area contributed by atoms with Crippen molar-refractivity contribution in [2.45, 2.75) is 30.9 Å². The lowest BCUT2D eigenvalue weighted by Crippen LogP contribution is -2.34. The average molecular weight is 255 g/mol. The number of benzene rings is 1. The second-order valence-electron chi connectivity index (χ2n) is 4.92. The zero-order valence-electron chi connectivity index (χ0n) is 9.63. The number of carbonyl (C=O) groups is 1. The van der Waals surface area contributed by atoms with Gasteiger partial charge in [-0.05, 0) is 24.5 Å². The van der Waals surface area contributed by atoms with E-state index in [0.717, 1.165) is 18.4 Å². The molecule has 1 aromatic carbocycles. The Morgan fingerprint density at radius 1 is 1.22 bits per heavy atom. The van der Waals surface area contributed by atoms with E-state index in [-0.39, 0.29) is 12.5 Å². The summed E-state index contributed by atoms with van der Waals surface area (Å²) in [5, 5.41) is 0. The standard InChI is InChI=1S/C13H12F3NO/c14-13(15,16)7-8-17-10-4-2-1-3-9(10)12(5-6-12)11(17)18/h1-4H,5-8H2. The molecule has 1 heterocycles. The first-order valence-corrected chi connectivity index (χ1v) is 5.92. The molecule has 0 N–H and O–H groups in total. The summed E-state index contributed by atoms with van der Waals surface area (Å²) in [6.45, 7) is -0.277. The van der Waals surface area contributed by atoms with Gasteiger partial charge in [0.25, 0.3) is 0 Å². The van der Waals surface area contributed by atoms with E-state index in [4.69, 9.17) is 0 Å². The normalized spacial score (nSPS) is 20.4. The number of carbonyl (C=O) groups excluding carboxylic acids is 1. The van der Waals surface area contributed by atoms with Gasteiger partial charge in [0.15, 0.2) is 0 Å². The van der Waals surface area contributed by atoms with Gasteiger partial charge in [0.1, 0.15) is 0 Å². The van der Waals surface area contributed by atoms with Gasteiger partial charge in [-0.3, -0.25) is 4.79 Å². The second kappa shape index (κ2) is 3.49. The zero-order chi connectivity index (χ0) is 13.0. The molecule has 0 radical (unpaired) electrons. The van der Waals surface area contributed by atoms with E-state index in [1.807, 2.05) is 12.1 Å². The van der Waals surface area contributed by atoms with Gasteiger partial charge in [-0.15, -0.1) is 0 Å². The number of anilines is 1. The number of rotatable bonds is 2. The summed E-state index contributed by atoms with van der Waals surface area (Å²) in [5.74, 6) is -0.159. The monoisotopic (exact) mass is 255 g/mol. The maximum atomic E-state index is 12.3. The lowest BCUT2D eigenvalue weighted by molar-refractivity contribution is -0.133. The van der Waals surface area contributed by atoms with Gasteiger partial charge < -0.3 is 4.90 Å². The number of hydrogen-bond acceptors (Lipinski definition) is 1. The molecule has 0 unspecified atom stereocenters. The molecule has 5 heteroatoms. The fraction of sp³-hybridized carbons (Fsp3) is 0.462. The predicted octanol–water partition coefficient (Wildman–Crippen LogP) is 3.02. The number of hydrogen-bond donors (Lipinski definition) is 0. The fourth-order valence-corrected chi connectivity index (χ4v) is 2.67. The summed E-state index contributed by atoms with van der Waals surface area (Å²) in [7, 11) is 0. The van der Waals surface area contributed by atoms with Crippen LogP contribution in [0.4, 0.5) is 18.9 Å². The van der Waals surface area contributed by atoms with Gasteiger partial charge in [-0.25, -0.2) is 0 Å². The van der Waals surface area contributed by atoms with Crippen LogP contribution in [0.3, 0.4) is 0 Å². The Labute approximate surface area is 102 Å². The van der Waals surface area contributed by atoms with Crippen molar-refractivity contribution in [2.24, 2.45) is 0 Å². The molecule has 3 rings (SSSR count). The molecule has 2 aliphatic rings. The van der Waals surface area contributed by atoms with Crippen molar-refractivity contribution in [2.75, 3.05) is 11.4 Å². The number of alkyl halides is 3. The first kappa shape index (κ1) is 11.6. The third kappa shape index (κ3) is 1.61. The molecule has 1 spiro atoms. The van der Waals surface area contributed by atoms with E-state index in [9.17, 15) is 18.0 Å². The van der Waals surface area contributed by atoms with Gasteiger partial charge in [-0.2, -0.15) is 13.2 Å². The molecule has 1 aliphatic carbocycles.